The Labute approximate surface area is 113 Å². The minimum atomic E-state index is 0.156. The summed E-state index contributed by atoms with van der Waals surface area (Å²) in [6, 6.07) is 12.1. The standard InChI is InChI=1S/C15H17NOS/c1-16(2)14-6-5-11-9-13(15(17)7-8-18)4-3-12(11)10-14/h3-6,9-10,18H,7-8H2,1-2H3. The second-order valence-corrected chi connectivity index (χ2v) is 4.98. The lowest BCUT2D eigenvalue weighted by Crippen LogP contribution is -2.08. The fourth-order valence-electron chi connectivity index (χ4n) is 1.93. The van der Waals surface area contributed by atoms with E-state index in [-0.39, 0.29) is 5.78 Å². The van der Waals surface area contributed by atoms with Crippen LogP contribution in [0.25, 0.3) is 10.8 Å². The smallest absolute Gasteiger partial charge is 0.163 e. The van der Waals surface area contributed by atoms with Crippen LogP contribution >= 0.6 is 12.6 Å². The average molecular weight is 259 g/mol. The van der Waals surface area contributed by atoms with Gasteiger partial charge in [0.05, 0.1) is 0 Å². The molecule has 2 aromatic carbocycles. The maximum absolute atomic E-state index is 11.8. The minimum Gasteiger partial charge on any atom is -0.378 e. The van der Waals surface area contributed by atoms with Crippen molar-refractivity contribution in [2.45, 2.75) is 6.42 Å². The van der Waals surface area contributed by atoms with Crippen LogP contribution in [-0.2, 0) is 0 Å². The molecule has 0 saturated heterocycles. The molecular formula is C15H17NOS. The highest BCUT2D eigenvalue weighted by Gasteiger charge is 2.06. The summed E-state index contributed by atoms with van der Waals surface area (Å²) in [5, 5.41) is 2.26. The molecule has 0 aliphatic rings. The second kappa shape index (κ2) is 5.44. The van der Waals surface area contributed by atoms with Crippen molar-refractivity contribution < 1.29 is 4.79 Å². The number of thiol groups is 1. The molecule has 0 spiro atoms. The first-order valence-electron chi connectivity index (χ1n) is 5.97. The summed E-state index contributed by atoms with van der Waals surface area (Å²) in [4.78, 5) is 13.9. The molecule has 0 aromatic heterocycles. The number of ketones is 1. The molecule has 0 atom stereocenters. The molecule has 0 aliphatic carbocycles. The second-order valence-electron chi connectivity index (χ2n) is 4.54. The lowest BCUT2D eigenvalue weighted by Gasteiger charge is -2.13. The molecule has 0 bridgehead atoms. The van der Waals surface area contributed by atoms with Crippen LogP contribution < -0.4 is 4.90 Å². The predicted molar refractivity (Wildman–Crippen MR) is 81.1 cm³/mol. The number of anilines is 1. The van der Waals surface area contributed by atoms with Crippen molar-refractivity contribution >= 4 is 34.9 Å². The lowest BCUT2D eigenvalue weighted by molar-refractivity contribution is 0.0990. The highest BCUT2D eigenvalue weighted by atomic mass is 32.1. The first-order valence-corrected chi connectivity index (χ1v) is 6.60. The number of nitrogens with zero attached hydrogens (tertiary/aromatic N) is 1. The van der Waals surface area contributed by atoms with E-state index in [0.717, 1.165) is 22.0 Å². The Hall–Kier alpha value is -1.48. The number of rotatable bonds is 4. The van der Waals surface area contributed by atoms with Crippen molar-refractivity contribution in [3.63, 3.8) is 0 Å². The minimum absolute atomic E-state index is 0.156. The normalized spacial score (nSPS) is 10.6. The molecule has 0 aliphatic heterocycles. The van der Waals surface area contributed by atoms with Crippen molar-refractivity contribution in [3.05, 3.63) is 42.0 Å². The van der Waals surface area contributed by atoms with Gasteiger partial charge >= 0.3 is 0 Å². The van der Waals surface area contributed by atoms with Gasteiger partial charge in [-0.15, -0.1) is 0 Å². The van der Waals surface area contributed by atoms with Crippen LogP contribution in [0.4, 0.5) is 5.69 Å². The summed E-state index contributed by atoms with van der Waals surface area (Å²) in [5.41, 5.74) is 1.94. The number of Topliss-reactive ketones (excluding diaryl/α,β-unsaturated/α-hetero) is 1. The van der Waals surface area contributed by atoms with E-state index < -0.39 is 0 Å². The topological polar surface area (TPSA) is 20.3 Å². The zero-order chi connectivity index (χ0) is 13.1. The van der Waals surface area contributed by atoms with E-state index in [1.54, 1.807) is 0 Å². The SMILES string of the molecule is CN(C)c1ccc2cc(C(=O)CCS)ccc2c1. The van der Waals surface area contributed by atoms with E-state index in [0.29, 0.717) is 12.2 Å². The van der Waals surface area contributed by atoms with Gasteiger partial charge in [-0.3, -0.25) is 4.79 Å². The van der Waals surface area contributed by atoms with Crippen molar-refractivity contribution in [1.29, 1.82) is 0 Å². The molecule has 0 amide bonds. The number of hydrogen-bond donors (Lipinski definition) is 1. The molecule has 3 heteroatoms. The number of carbonyl (C=O) groups excluding carboxylic acids is 1. The Kier molecular flexibility index (Phi) is 3.92. The first kappa shape index (κ1) is 13.0. The predicted octanol–water partition coefficient (Wildman–Crippen LogP) is 3.41. The summed E-state index contributed by atoms with van der Waals surface area (Å²) in [5.74, 6) is 0.750. The van der Waals surface area contributed by atoms with Crippen LogP contribution in [0.1, 0.15) is 16.8 Å². The molecule has 18 heavy (non-hydrogen) atoms. The fourth-order valence-corrected chi connectivity index (χ4v) is 2.13. The van der Waals surface area contributed by atoms with Gasteiger partial charge in [0.2, 0.25) is 0 Å². The van der Waals surface area contributed by atoms with Crippen LogP contribution in [0, 0.1) is 0 Å². The monoisotopic (exact) mass is 259 g/mol. The van der Waals surface area contributed by atoms with E-state index in [1.807, 2.05) is 32.3 Å². The van der Waals surface area contributed by atoms with Crippen molar-refractivity contribution in [3.8, 4) is 0 Å². The largest absolute Gasteiger partial charge is 0.378 e. The van der Waals surface area contributed by atoms with E-state index in [1.165, 1.54) is 0 Å². The van der Waals surface area contributed by atoms with Gasteiger partial charge in [0.1, 0.15) is 0 Å². The number of carbonyl (C=O) groups is 1. The number of benzene rings is 2. The van der Waals surface area contributed by atoms with Crippen LogP contribution in [0.5, 0.6) is 0 Å². The first-order chi connectivity index (χ1) is 8.61. The fraction of sp³-hybridized carbons (Fsp3) is 0.267. The third kappa shape index (κ3) is 2.67. The summed E-state index contributed by atoms with van der Waals surface area (Å²) in [6.45, 7) is 0. The zero-order valence-corrected chi connectivity index (χ0v) is 11.6. The molecule has 0 saturated carbocycles. The average Bonchev–Trinajstić information content (AvgIpc) is 2.37. The Morgan fingerprint density at radius 1 is 1.11 bits per heavy atom. The van der Waals surface area contributed by atoms with Gasteiger partial charge in [-0.25, -0.2) is 0 Å². The van der Waals surface area contributed by atoms with Gasteiger partial charge < -0.3 is 4.90 Å². The van der Waals surface area contributed by atoms with Crippen LogP contribution in [0.2, 0.25) is 0 Å². The van der Waals surface area contributed by atoms with E-state index in [9.17, 15) is 4.79 Å². The van der Waals surface area contributed by atoms with E-state index >= 15 is 0 Å². The van der Waals surface area contributed by atoms with Gasteiger partial charge in [-0.05, 0) is 34.7 Å². The maximum atomic E-state index is 11.8. The van der Waals surface area contributed by atoms with Crippen molar-refractivity contribution in [1.82, 2.24) is 0 Å². The highest BCUT2D eigenvalue weighted by Crippen LogP contribution is 2.22. The molecule has 0 fully saturated rings. The number of fused-ring (bicyclic) bond motifs is 1. The molecule has 0 unspecified atom stereocenters. The van der Waals surface area contributed by atoms with Crippen molar-refractivity contribution in [2.24, 2.45) is 0 Å². The van der Waals surface area contributed by atoms with Gasteiger partial charge in [-0.2, -0.15) is 12.6 Å². The quantitative estimate of drug-likeness (QED) is 0.671. The molecule has 94 valence electrons. The molecule has 0 radical (unpaired) electrons. The van der Waals surface area contributed by atoms with Crippen LogP contribution in [0.3, 0.4) is 0 Å². The van der Waals surface area contributed by atoms with Crippen LogP contribution in [-0.4, -0.2) is 25.6 Å². The Morgan fingerprint density at radius 2 is 1.78 bits per heavy atom. The summed E-state index contributed by atoms with van der Waals surface area (Å²) in [6.07, 6.45) is 0.490. The summed E-state index contributed by atoms with van der Waals surface area (Å²) >= 11 is 4.09. The van der Waals surface area contributed by atoms with Gasteiger partial charge in [0.15, 0.2) is 5.78 Å². The Bertz CT molecular complexity index is 578. The van der Waals surface area contributed by atoms with E-state index in [4.69, 9.17) is 0 Å². The molecule has 2 aromatic rings. The third-order valence-corrected chi connectivity index (χ3v) is 3.22. The zero-order valence-electron chi connectivity index (χ0n) is 10.7. The maximum Gasteiger partial charge on any atom is 0.163 e. The summed E-state index contributed by atoms with van der Waals surface area (Å²) in [7, 11) is 4.04. The molecular weight excluding hydrogens is 242 g/mol. The van der Waals surface area contributed by atoms with Crippen LogP contribution in [0.15, 0.2) is 36.4 Å². The summed E-state index contributed by atoms with van der Waals surface area (Å²) < 4.78 is 0. The Morgan fingerprint density at radius 3 is 2.44 bits per heavy atom. The van der Waals surface area contributed by atoms with Gasteiger partial charge in [-0.1, -0.05) is 18.2 Å². The highest BCUT2D eigenvalue weighted by molar-refractivity contribution is 7.80. The Balaban J connectivity index is 2.41. The van der Waals surface area contributed by atoms with E-state index in [2.05, 4.69) is 35.7 Å². The van der Waals surface area contributed by atoms with Crippen molar-refractivity contribution in [2.75, 3.05) is 24.7 Å². The van der Waals surface area contributed by atoms with Gasteiger partial charge in [0.25, 0.3) is 0 Å². The lowest BCUT2D eigenvalue weighted by atomic mass is 10.0. The molecule has 2 nitrogen and oxygen atoms in total. The molecule has 2 rings (SSSR count). The number of hydrogen-bond acceptors (Lipinski definition) is 3. The molecule has 0 N–H and O–H groups in total. The molecule has 0 heterocycles. The third-order valence-electron chi connectivity index (χ3n) is 3.00. The van der Waals surface area contributed by atoms with Gasteiger partial charge in [0, 0.05) is 31.8 Å².